The quantitative estimate of drug-likeness (QED) is 0.786. The first-order valence-electron chi connectivity index (χ1n) is 7.40. The molecule has 1 aliphatic heterocycles. The summed E-state index contributed by atoms with van der Waals surface area (Å²) in [6.45, 7) is 5.21. The maximum atomic E-state index is 12.8. The number of hydrogen-bond donors (Lipinski definition) is 0. The number of fused-ring (bicyclic) bond motifs is 1. The largest absolute Gasteiger partial charge is 0.243 e. The summed E-state index contributed by atoms with van der Waals surface area (Å²) in [5.41, 5.74) is 3.72. The Bertz CT molecular complexity index is 699. The van der Waals surface area contributed by atoms with Crippen LogP contribution in [0.2, 0.25) is 0 Å². The Hall–Kier alpha value is -1.39. The molecule has 1 unspecified atom stereocenters. The van der Waals surface area contributed by atoms with Gasteiger partial charge in [0.15, 0.2) is 0 Å². The first-order chi connectivity index (χ1) is 9.98. The zero-order chi connectivity index (χ0) is 15.0. The summed E-state index contributed by atoms with van der Waals surface area (Å²) >= 11 is 0. The van der Waals surface area contributed by atoms with Gasteiger partial charge in [-0.25, -0.2) is 8.42 Å². The van der Waals surface area contributed by atoms with Gasteiger partial charge in [0.25, 0.3) is 0 Å². The second-order valence-electron chi connectivity index (χ2n) is 5.99. The van der Waals surface area contributed by atoms with Crippen LogP contribution >= 0.6 is 0 Å². The lowest BCUT2D eigenvalue weighted by molar-refractivity contribution is 0.471. The van der Waals surface area contributed by atoms with Gasteiger partial charge in [-0.15, -0.1) is 0 Å². The van der Waals surface area contributed by atoms with E-state index in [2.05, 4.69) is 19.1 Å². The normalized spacial score (nSPS) is 23.2. The summed E-state index contributed by atoms with van der Waals surface area (Å²) in [6, 6.07) is 7.11. The van der Waals surface area contributed by atoms with Crippen molar-refractivity contribution in [1.82, 2.24) is 4.31 Å². The molecule has 1 aromatic carbocycles. The van der Waals surface area contributed by atoms with Crippen LogP contribution in [0, 0.1) is 12.8 Å². The predicted octanol–water partition coefficient (Wildman–Crippen LogP) is 3.28. The van der Waals surface area contributed by atoms with Crippen LogP contribution in [0.3, 0.4) is 0 Å². The fourth-order valence-corrected chi connectivity index (χ4v) is 4.54. The average Bonchev–Trinajstić information content (AvgIpc) is 2.82. The first kappa shape index (κ1) is 14.5. The smallest absolute Gasteiger partial charge is 0.207 e. The summed E-state index contributed by atoms with van der Waals surface area (Å²) in [5, 5.41) is 0. The Morgan fingerprint density at radius 1 is 1.14 bits per heavy atom. The van der Waals surface area contributed by atoms with E-state index in [1.165, 1.54) is 11.1 Å². The van der Waals surface area contributed by atoms with E-state index < -0.39 is 10.0 Å². The number of hydrogen-bond acceptors (Lipinski definition) is 2. The third kappa shape index (κ3) is 2.70. The topological polar surface area (TPSA) is 37.4 Å². The van der Waals surface area contributed by atoms with Gasteiger partial charge in [0, 0.05) is 19.0 Å². The molecule has 4 heteroatoms. The van der Waals surface area contributed by atoms with E-state index in [0.717, 1.165) is 18.4 Å². The molecule has 1 fully saturated rings. The van der Waals surface area contributed by atoms with E-state index in [-0.39, 0.29) is 5.92 Å². The molecule has 1 atom stereocenters. The van der Waals surface area contributed by atoms with Crippen LogP contribution in [0.15, 0.2) is 52.5 Å². The Morgan fingerprint density at radius 2 is 1.86 bits per heavy atom. The number of nitrogens with zero attached hydrogens (tertiary/aromatic N) is 1. The number of allylic oxidation sites excluding steroid dienone is 2. The fourth-order valence-electron chi connectivity index (χ4n) is 3.09. The molecule has 0 saturated carbocycles. The Kier molecular flexibility index (Phi) is 3.76. The molecule has 0 spiro atoms. The average molecular weight is 303 g/mol. The first-order valence-corrected chi connectivity index (χ1v) is 8.84. The summed E-state index contributed by atoms with van der Waals surface area (Å²) in [7, 11) is -3.38. The van der Waals surface area contributed by atoms with Crippen LogP contribution in [0.1, 0.15) is 25.3 Å². The standard InChI is InChI=1S/C17H21NO2S/c1-13-7-9-16(10-8-13)21(19,20)18-11-15-6-4-3-5-14(2)17(15)12-18/h4,6-10,15H,3,5,11-12H2,1-2H3. The molecule has 1 heterocycles. The van der Waals surface area contributed by atoms with Gasteiger partial charge in [0.05, 0.1) is 4.90 Å². The lowest BCUT2D eigenvalue weighted by atomic mass is 9.98. The molecule has 112 valence electrons. The minimum atomic E-state index is -3.38. The minimum Gasteiger partial charge on any atom is -0.207 e. The number of sulfonamides is 1. The number of benzene rings is 1. The van der Waals surface area contributed by atoms with E-state index in [1.807, 2.05) is 19.1 Å². The Morgan fingerprint density at radius 3 is 2.57 bits per heavy atom. The van der Waals surface area contributed by atoms with Gasteiger partial charge in [0.2, 0.25) is 10.0 Å². The van der Waals surface area contributed by atoms with Gasteiger partial charge in [-0.05, 0) is 44.4 Å². The van der Waals surface area contributed by atoms with Gasteiger partial charge in [-0.2, -0.15) is 4.31 Å². The molecule has 0 radical (unpaired) electrons. The van der Waals surface area contributed by atoms with E-state index in [1.54, 1.807) is 16.4 Å². The van der Waals surface area contributed by atoms with Gasteiger partial charge < -0.3 is 0 Å². The van der Waals surface area contributed by atoms with Crippen molar-refractivity contribution in [2.24, 2.45) is 5.92 Å². The molecule has 3 nitrogen and oxygen atoms in total. The van der Waals surface area contributed by atoms with Crippen molar-refractivity contribution in [3.63, 3.8) is 0 Å². The van der Waals surface area contributed by atoms with Crippen molar-refractivity contribution < 1.29 is 8.42 Å². The summed E-state index contributed by atoms with van der Waals surface area (Å²) in [6.07, 6.45) is 6.47. The lowest BCUT2D eigenvalue weighted by Crippen LogP contribution is -2.28. The zero-order valence-corrected chi connectivity index (χ0v) is 13.4. The summed E-state index contributed by atoms with van der Waals surface area (Å²) < 4.78 is 27.1. The maximum absolute atomic E-state index is 12.8. The predicted molar refractivity (Wildman–Crippen MR) is 84.5 cm³/mol. The van der Waals surface area contributed by atoms with Crippen LogP contribution in [0.4, 0.5) is 0 Å². The molecule has 0 N–H and O–H groups in total. The molecule has 1 aliphatic carbocycles. The highest BCUT2D eigenvalue weighted by atomic mass is 32.2. The molecule has 0 amide bonds. The summed E-state index contributed by atoms with van der Waals surface area (Å²) in [5.74, 6) is 0.257. The van der Waals surface area contributed by atoms with Crippen LogP contribution in [0.5, 0.6) is 0 Å². The van der Waals surface area contributed by atoms with Crippen molar-refractivity contribution >= 4 is 10.0 Å². The molecule has 21 heavy (non-hydrogen) atoms. The van der Waals surface area contributed by atoms with E-state index in [4.69, 9.17) is 0 Å². The SMILES string of the molecule is CC1=C2CN(S(=O)(=O)c3ccc(C)cc3)CC2C=CCC1. The van der Waals surface area contributed by atoms with Crippen molar-refractivity contribution in [2.75, 3.05) is 13.1 Å². The highest BCUT2D eigenvalue weighted by Crippen LogP contribution is 2.34. The molecular weight excluding hydrogens is 282 g/mol. The molecular formula is C17H21NO2S. The monoisotopic (exact) mass is 303 g/mol. The number of aryl methyl sites for hydroxylation is 1. The van der Waals surface area contributed by atoms with Crippen LogP contribution in [0.25, 0.3) is 0 Å². The van der Waals surface area contributed by atoms with E-state index in [9.17, 15) is 8.42 Å². The molecule has 1 aromatic rings. The molecule has 0 aromatic heterocycles. The molecule has 0 bridgehead atoms. The van der Waals surface area contributed by atoms with E-state index >= 15 is 0 Å². The Labute approximate surface area is 127 Å². The number of rotatable bonds is 2. The fraction of sp³-hybridized carbons (Fsp3) is 0.412. The highest BCUT2D eigenvalue weighted by Gasteiger charge is 2.35. The van der Waals surface area contributed by atoms with Crippen molar-refractivity contribution in [3.05, 3.63) is 53.1 Å². The molecule has 2 aliphatic rings. The third-order valence-electron chi connectivity index (χ3n) is 4.46. The zero-order valence-electron chi connectivity index (χ0n) is 12.5. The Balaban J connectivity index is 1.92. The van der Waals surface area contributed by atoms with Crippen LogP contribution in [-0.2, 0) is 10.0 Å². The van der Waals surface area contributed by atoms with Gasteiger partial charge >= 0.3 is 0 Å². The molecule has 1 saturated heterocycles. The summed E-state index contributed by atoms with van der Waals surface area (Å²) in [4.78, 5) is 0.395. The lowest BCUT2D eigenvalue weighted by Gasteiger charge is -2.16. The van der Waals surface area contributed by atoms with E-state index in [0.29, 0.717) is 18.0 Å². The second kappa shape index (κ2) is 5.43. The van der Waals surface area contributed by atoms with Crippen molar-refractivity contribution in [3.8, 4) is 0 Å². The van der Waals surface area contributed by atoms with Gasteiger partial charge in [0.1, 0.15) is 0 Å². The van der Waals surface area contributed by atoms with Crippen LogP contribution in [-0.4, -0.2) is 25.8 Å². The third-order valence-corrected chi connectivity index (χ3v) is 6.28. The van der Waals surface area contributed by atoms with Crippen molar-refractivity contribution in [2.45, 2.75) is 31.6 Å². The molecule has 3 rings (SSSR count). The van der Waals surface area contributed by atoms with Gasteiger partial charge in [-0.1, -0.05) is 35.4 Å². The maximum Gasteiger partial charge on any atom is 0.243 e. The van der Waals surface area contributed by atoms with Gasteiger partial charge in [-0.3, -0.25) is 0 Å². The highest BCUT2D eigenvalue weighted by molar-refractivity contribution is 7.89. The minimum absolute atomic E-state index is 0.257. The van der Waals surface area contributed by atoms with Crippen molar-refractivity contribution in [1.29, 1.82) is 0 Å². The second-order valence-corrected chi connectivity index (χ2v) is 7.93. The van der Waals surface area contributed by atoms with Crippen LogP contribution < -0.4 is 0 Å².